The topological polar surface area (TPSA) is 157 Å². The number of H-pyrrole nitrogens is 2. The predicted octanol–water partition coefficient (Wildman–Crippen LogP) is -0.827. The number of fused-ring (bicyclic) bond motifs is 1. The van der Waals surface area contributed by atoms with Crippen LogP contribution in [-0.4, -0.2) is 58.0 Å². The fourth-order valence-corrected chi connectivity index (χ4v) is 3.55. The number of rotatable bonds is 4. The maximum atomic E-state index is 11.4. The van der Waals surface area contributed by atoms with E-state index in [-0.39, 0.29) is 29.8 Å². The lowest BCUT2D eigenvalue weighted by molar-refractivity contribution is 0.126. The largest absolute Gasteiger partial charge is 0.493 e. The Morgan fingerprint density at radius 2 is 1.97 bits per heavy atom. The van der Waals surface area contributed by atoms with Gasteiger partial charge in [-0.05, 0) is 44.6 Å². The van der Waals surface area contributed by atoms with Crippen molar-refractivity contribution in [3.63, 3.8) is 0 Å². The highest BCUT2D eigenvalue weighted by Crippen LogP contribution is 2.23. The van der Waals surface area contributed by atoms with Crippen LogP contribution in [0.25, 0.3) is 11.7 Å². The minimum Gasteiger partial charge on any atom is -0.493 e. The van der Waals surface area contributed by atoms with Gasteiger partial charge in [-0.25, -0.2) is 9.79 Å². The first-order chi connectivity index (χ1) is 14.0. The number of aromatic hydroxyl groups is 1. The van der Waals surface area contributed by atoms with E-state index in [4.69, 9.17) is 0 Å². The number of aliphatic hydroxyl groups excluding tert-OH is 1. The van der Waals surface area contributed by atoms with Crippen LogP contribution in [0.4, 0.5) is 5.95 Å². The Morgan fingerprint density at radius 1 is 1.17 bits per heavy atom. The standard InChI is InChI=1S/C18H22N8O3/c27-12-5-3-10(4-6-12)20-16-23-14-9(7-13-15(28)24-18(29)22-13)8-19-26(14)17(25-16)21-11-1-2-11/h7-8,10-12,27-28H,1-6H2,(H,20,21,25)(H2,22,24,29)/b9-7+. The van der Waals surface area contributed by atoms with Gasteiger partial charge >= 0.3 is 5.69 Å². The first-order valence-corrected chi connectivity index (χ1v) is 9.82. The van der Waals surface area contributed by atoms with Crippen molar-refractivity contribution < 1.29 is 10.2 Å². The second kappa shape index (κ2) is 6.99. The van der Waals surface area contributed by atoms with E-state index in [1.807, 2.05) is 0 Å². The summed E-state index contributed by atoms with van der Waals surface area (Å²) in [6.07, 6.45) is 8.25. The maximum absolute atomic E-state index is 11.4. The summed E-state index contributed by atoms with van der Waals surface area (Å²) in [4.78, 5) is 30.0. The van der Waals surface area contributed by atoms with Gasteiger partial charge in [-0.15, -0.1) is 0 Å². The molecular weight excluding hydrogens is 376 g/mol. The van der Waals surface area contributed by atoms with Crippen LogP contribution in [0.5, 0.6) is 5.88 Å². The van der Waals surface area contributed by atoms with E-state index in [0.29, 0.717) is 22.4 Å². The highest BCUT2D eigenvalue weighted by Gasteiger charge is 2.22. The van der Waals surface area contributed by atoms with Crippen molar-refractivity contribution in [2.24, 2.45) is 4.99 Å². The van der Waals surface area contributed by atoms with Crippen molar-refractivity contribution in [3.05, 3.63) is 33.2 Å². The van der Waals surface area contributed by atoms with Crippen molar-refractivity contribution in [3.8, 4) is 5.88 Å². The number of aliphatic hydroxyl groups is 1. The van der Waals surface area contributed by atoms with Crippen LogP contribution in [0, 0.1) is 0 Å². The zero-order chi connectivity index (χ0) is 20.0. The summed E-state index contributed by atoms with van der Waals surface area (Å²) in [6.45, 7) is 0. The Balaban J connectivity index is 1.59. The molecule has 5 rings (SSSR count). The third kappa shape index (κ3) is 3.73. The van der Waals surface area contributed by atoms with Crippen LogP contribution >= 0.6 is 0 Å². The molecule has 0 aliphatic heterocycles. The fourth-order valence-electron chi connectivity index (χ4n) is 3.55. The van der Waals surface area contributed by atoms with Gasteiger partial charge in [-0.1, -0.05) is 0 Å². The van der Waals surface area contributed by atoms with E-state index in [2.05, 4.69) is 35.3 Å². The molecule has 0 bridgehead atoms. The number of hydrogen-bond donors (Lipinski definition) is 5. The summed E-state index contributed by atoms with van der Waals surface area (Å²) >= 11 is 0. The Hall–Kier alpha value is -3.21. The molecule has 11 heteroatoms. The molecule has 2 aliphatic carbocycles. The summed E-state index contributed by atoms with van der Waals surface area (Å²) in [5, 5.41) is 27.9. The Bertz CT molecular complexity index is 1210. The molecule has 2 aliphatic rings. The molecule has 3 aromatic heterocycles. The average Bonchev–Trinajstić information content (AvgIpc) is 3.33. The van der Waals surface area contributed by atoms with Crippen LogP contribution in [-0.2, 0) is 0 Å². The quantitative estimate of drug-likeness (QED) is 0.384. The van der Waals surface area contributed by atoms with E-state index < -0.39 is 5.69 Å². The summed E-state index contributed by atoms with van der Waals surface area (Å²) in [5.41, 5.74) is 0.757. The zero-order valence-corrected chi connectivity index (χ0v) is 15.7. The minimum absolute atomic E-state index is 0.190. The first-order valence-electron chi connectivity index (χ1n) is 9.82. The second-order valence-corrected chi connectivity index (χ2v) is 7.68. The molecule has 11 nitrogen and oxygen atoms in total. The second-order valence-electron chi connectivity index (χ2n) is 7.68. The molecule has 0 unspecified atom stereocenters. The van der Waals surface area contributed by atoms with Gasteiger partial charge in [0.05, 0.1) is 18.3 Å². The molecule has 2 saturated carbocycles. The molecule has 152 valence electrons. The lowest BCUT2D eigenvalue weighted by Gasteiger charge is -2.26. The van der Waals surface area contributed by atoms with Crippen molar-refractivity contribution in [1.29, 1.82) is 0 Å². The fraction of sp³-hybridized carbons (Fsp3) is 0.500. The summed E-state index contributed by atoms with van der Waals surface area (Å²) in [7, 11) is 0. The first kappa shape index (κ1) is 17.9. The van der Waals surface area contributed by atoms with Crippen molar-refractivity contribution in [2.45, 2.75) is 56.7 Å². The Labute approximate surface area is 164 Å². The number of anilines is 1. The number of aromatic nitrogens is 6. The lowest BCUT2D eigenvalue weighted by Crippen LogP contribution is -2.31. The number of aromatic amines is 2. The number of nitrogens with zero attached hydrogens (tertiary/aromatic N) is 5. The monoisotopic (exact) mass is 398 g/mol. The smallest absolute Gasteiger partial charge is 0.326 e. The highest BCUT2D eigenvalue weighted by molar-refractivity contribution is 5.57. The maximum Gasteiger partial charge on any atom is 0.326 e. The average molecular weight is 398 g/mol. The van der Waals surface area contributed by atoms with Gasteiger partial charge in [0, 0.05) is 11.3 Å². The van der Waals surface area contributed by atoms with Crippen LogP contribution in [0.3, 0.4) is 0 Å². The summed E-state index contributed by atoms with van der Waals surface area (Å²) < 4.78 is 1.57. The van der Waals surface area contributed by atoms with Crippen LogP contribution in [0.15, 0.2) is 16.0 Å². The number of hydrogen-bond acceptors (Lipinski definition) is 8. The summed E-state index contributed by atoms with van der Waals surface area (Å²) in [5.74, 6) is 0.214. The van der Waals surface area contributed by atoms with Gasteiger partial charge in [0.2, 0.25) is 11.8 Å². The van der Waals surface area contributed by atoms with E-state index in [1.165, 1.54) is 0 Å². The zero-order valence-electron chi connectivity index (χ0n) is 15.7. The molecule has 0 spiro atoms. The number of nitrogens with one attached hydrogen (secondary N) is 3. The normalized spacial score (nSPS) is 23.8. The molecule has 0 saturated heterocycles. The molecule has 0 amide bonds. The Morgan fingerprint density at radius 3 is 2.66 bits per heavy atom. The predicted molar refractivity (Wildman–Crippen MR) is 103 cm³/mol. The lowest BCUT2D eigenvalue weighted by atomic mass is 9.93. The molecule has 3 aromatic rings. The molecular formula is C18H22N8O3. The van der Waals surface area contributed by atoms with E-state index in [9.17, 15) is 15.0 Å². The molecule has 2 fully saturated rings. The van der Waals surface area contributed by atoms with Gasteiger partial charge in [-0.3, -0.25) is 4.98 Å². The van der Waals surface area contributed by atoms with E-state index >= 15 is 0 Å². The Kier molecular flexibility index (Phi) is 4.31. The van der Waals surface area contributed by atoms with Crippen molar-refractivity contribution in [1.82, 2.24) is 29.5 Å². The third-order valence-electron chi connectivity index (χ3n) is 5.29. The highest BCUT2D eigenvalue weighted by atomic mass is 16.3. The van der Waals surface area contributed by atoms with Gasteiger partial charge in [0.15, 0.2) is 5.65 Å². The van der Waals surface area contributed by atoms with E-state index in [0.717, 1.165) is 38.5 Å². The van der Waals surface area contributed by atoms with Gasteiger partial charge < -0.3 is 20.5 Å². The van der Waals surface area contributed by atoms with Crippen LogP contribution in [0.2, 0.25) is 0 Å². The molecule has 5 N–H and O–H groups in total. The minimum atomic E-state index is -0.494. The van der Waals surface area contributed by atoms with E-state index in [1.54, 1.807) is 16.8 Å². The molecule has 3 heterocycles. The third-order valence-corrected chi connectivity index (χ3v) is 5.29. The van der Waals surface area contributed by atoms with Crippen LogP contribution < -0.4 is 21.8 Å². The molecule has 0 radical (unpaired) electrons. The van der Waals surface area contributed by atoms with Crippen molar-refractivity contribution >= 4 is 17.7 Å². The summed E-state index contributed by atoms with van der Waals surface area (Å²) in [6, 6.07) is 0.447. The van der Waals surface area contributed by atoms with Gasteiger partial charge in [0.25, 0.3) is 5.62 Å². The SMILES string of the molecule is O=c1[nH]c(O)c(/C=c2\cnn3c(=NC4CC4)nc(NC4CCC(O)CC4)nc23)[nH]1. The van der Waals surface area contributed by atoms with Gasteiger partial charge in [0.1, 0.15) is 5.69 Å². The van der Waals surface area contributed by atoms with Crippen molar-refractivity contribution in [2.75, 3.05) is 5.32 Å². The van der Waals surface area contributed by atoms with Gasteiger partial charge in [-0.2, -0.15) is 19.6 Å². The molecule has 0 aromatic carbocycles. The molecule has 29 heavy (non-hydrogen) atoms. The number of imidazole rings is 1. The molecule has 0 atom stereocenters. The van der Waals surface area contributed by atoms with Crippen LogP contribution in [0.1, 0.15) is 44.2 Å².